The van der Waals surface area contributed by atoms with Crippen LogP contribution in [-0.2, 0) is 13.9 Å². The van der Waals surface area contributed by atoms with Crippen LogP contribution in [0.15, 0.2) is 0 Å². The zero-order valence-electron chi connectivity index (χ0n) is 17.3. The Balaban J connectivity index is 2.33. The van der Waals surface area contributed by atoms with Gasteiger partial charge >= 0.3 is 6.03 Å². The van der Waals surface area contributed by atoms with E-state index in [9.17, 15) is 26.7 Å². The molecule has 0 aliphatic carbocycles. The molecule has 1 aromatic carbocycles. The van der Waals surface area contributed by atoms with E-state index in [-0.39, 0.29) is 18.8 Å². The van der Waals surface area contributed by atoms with E-state index in [0.717, 1.165) is 6.04 Å². The van der Waals surface area contributed by atoms with Crippen molar-refractivity contribution in [2.45, 2.75) is 65.3 Å². The molecule has 0 aliphatic heterocycles. The lowest BCUT2D eigenvalue weighted by Crippen LogP contribution is -2.31. The summed E-state index contributed by atoms with van der Waals surface area (Å²) in [5.74, 6) is -10.8. The molecule has 0 saturated carbocycles. The van der Waals surface area contributed by atoms with Crippen LogP contribution in [0.4, 0.5) is 32.4 Å². The molecule has 0 aliphatic rings. The molecule has 30 heavy (non-hydrogen) atoms. The number of carbonyl (C=O) groups excluding carboxylic acids is 1. The molecule has 1 aromatic rings. The van der Waals surface area contributed by atoms with Crippen molar-refractivity contribution in [3.63, 3.8) is 0 Å². The van der Waals surface area contributed by atoms with Gasteiger partial charge in [-0.25, -0.2) is 26.7 Å². The Labute approximate surface area is 174 Å². The molecule has 0 saturated heterocycles. The summed E-state index contributed by atoms with van der Waals surface area (Å²) in [6, 6.07) is -0.317. The van der Waals surface area contributed by atoms with Crippen LogP contribution in [0.5, 0.6) is 0 Å². The second-order valence-electron chi connectivity index (χ2n) is 6.92. The Hall–Kier alpha value is -1.76. The molecular weight excluding hydrogens is 431 g/mol. The zero-order chi connectivity index (χ0) is 22.8. The maximum absolute atomic E-state index is 13.5. The smallest absolute Gasteiger partial charge is 0.319 e. The lowest BCUT2D eigenvalue weighted by molar-refractivity contribution is -0.275. The van der Waals surface area contributed by atoms with E-state index in [1.807, 2.05) is 27.7 Å². The lowest BCUT2D eigenvalue weighted by Gasteiger charge is -2.23. The van der Waals surface area contributed by atoms with Crippen LogP contribution >= 0.6 is 0 Å². The van der Waals surface area contributed by atoms with Crippen LogP contribution < -0.4 is 10.6 Å². The summed E-state index contributed by atoms with van der Waals surface area (Å²) < 4.78 is 82.9. The van der Waals surface area contributed by atoms with Gasteiger partial charge < -0.3 is 24.5 Å². The number of urea groups is 1. The maximum atomic E-state index is 13.5. The Morgan fingerprint density at radius 1 is 0.867 bits per heavy atom. The molecule has 0 aromatic heterocycles. The molecule has 2 amide bonds. The molecule has 1 rings (SSSR count). The monoisotopic (exact) mass is 458 g/mol. The minimum Gasteiger partial charge on any atom is -0.379 e. The third-order valence-electron chi connectivity index (χ3n) is 3.58. The van der Waals surface area contributed by atoms with Gasteiger partial charge in [-0.2, -0.15) is 0 Å². The molecule has 0 atom stereocenters. The third-order valence-corrected chi connectivity index (χ3v) is 4.87. The molecule has 0 spiro atoms. The standard InChI is InChI=1S/C18H27F5N2O4Si/c1-9(2)27-18(28-10(3)4)29-30-8-6-5-7-24-17(26)25-16-14(22)12(20)11(19)13(21)15(16)23/h9-10,18H,5-8,30H2,1-4H3,(H2,24,25,26). The molecule has 0 unspecified atom stereocenters. The van der Waals surface area contributed by atoms with Crippen molar-refractivity contribution in [1.29, 1.82) is 0 Å². The summed E-state index contributed by atoms with van der Waals surface area (Å²) in [5.41, 5.74) is -1.40. The minimum absolute atomic E-state index is 0.0526. The van der Waals surface area contributed by atoms with E-state index in [1.54, 1.807) is 5.32 Å². The predicted molar refractivity (Wildman–Crippen MR) is 103 cm³/mol. The molecule has 6 nitrogen and oxygen atoms in total. The van der Waals surface area contributed by atoms with Gasteiger partial charge in [0.15, 0.2) is 33.0 Å². The number of anilines is 1. The molecule has 0 heterocycles. The number of amides is 2. The van der Waals surface area contributed by atoms with Gasteiger partial charge in [-0.1, -0.05) is 6.42 Å². The van der Waals surface area contributed by atoms with E-state index in [0.29, 0.717) is 12.8 Å². The predicted octanol–water partition coefficient (Wildman–Crippen LogP) is 3.94. The molecule has 0 radical (unpaired) electrons. The van der Waals surface area contributed by atoms with Crippen molar-refractivity contribution in [2.24, 2.45) is 0 Å². The number of carbonyl (C=O) groups is 1. The number of nitrogens with one attached hydrogen (secondary N) is 2. The number of hydrogen-bond donors (Lipinski definition) is 2. The summed E-state index contributed by atoms with van der Waals surface area (Å²) in [4.78, 5) is 11.7. The van der Waals surface area contributed by atoms with Crippen LogP contribution in [0.25, 0.3) is 0 Å². The fourth-order valence-electron chi connectivity index (χ4n) is 2.21. The van der Waals surface area contributed by atoms with Crippen LogP contribution in [0.2, 0.25) is 6.04 Å². The second-order valence-corrected chi connectivity index (χ2v) is 8.36. The number of rotatable bonds is 12. The Bertz CT molecular complexity index is 671. The van der Waals surface area contributed by atoms with Crippen molar-refractivity contribution in [2.75, 3.05) is 11.9 Å². The first-order valence-electron chi connectivity index (χ1n) is 9.53. The fourth-order valence-corrected chi connectivity index (χ4v) is 3.29. The average molecular weight is 459 g/mol. The molecule has 0 bridgehead atoms. The maximum Gasteiger partial charge on any atom is 0.319 e. The zero-order valence-corrected chi connectivity index (χ0v) is 18.7. The van der Waals surface area contributed by atoms with Gasteiger partial charge in [-0.3, -0.25) is 0 Å². The summed E-state index contributed by atoms with van der Waals surface area (Å²) in [6.07, 6.45) is 1.12. The summed E-state index contributed by atoms with van der Waals surface area (Å²) in [7, 11) is -0.937. The van der Waals surface area contributed by atoms with Crippen LogP contribution in [0.3, 0.4) is 0 Å². The summed E-state index contributed by atoms with van der Waals surface area (Å²) in [5, 5.41) is 3.94. The Morgan fingerprint density at radius 3 is 1.87 bits per heavy atom. The number of halogens is 5. The second kappa shape index (κ2) is 12.8. The number of benzene rings is 1. The fraction of sp³-hybridized carbons (Fsp3) is 0.611. The van der Waals surface area contributed by atoms with Crippen molar-refractivity contribution < 1.29 is 40.6 Å². The van der Waals surface area contributed by atoms with Gasteiger partial charge in [0.2, 0.25) is 5.82 Å². The van der Waals surface area contributed by atoms with Gasteiger partial charge in [0.05, 0.1) is 12.2 Å². The highest BCUT2D eigenvalue weighted by Crippen LogP contribution is 2.26. The lowest BCUT2D eigenvalue weighted by atomic mass is 10.2. The van der Waals surface area contributed by atoms with E-state index < -0.39 is 57.0 Å². The quantitative estimate of drug-likeness (QED) is 0.124. The van der Waals surface area contributed by atoms with E-state index in [1.165, 1.54) is 0 Å². The Kier molecular flexibility index (Phi) is 11.2. The molecule has 2 N–H and O–H groups in total. The molecule has 172 valence electrons. The molecular formula is C18H27F5N2O4Si. The SMILES string of the molecule is CC(C)OC(O[SiH2]CCCCNC(=O)Nc1c(F)c(F)c(F)c(F)c1F)OC(C)C. The van der Waals surface area contributed by atoms with E-state index in [4.69, 9.17) is 13.9 Å². The van der Waals surface area contributed by atoms with Crippen molar-refractivity contribution >= 4 is 21.5 Å². The number of hydrogen-bond acceptors (Lipinski definition) is 4. The average Bonchev–Trinajstić information content (AvgIpc) is 2.66. The summed E-state index contributed by atoms with van der Waals surface area (Å²) in [6.45, 7) is 6.89. The van der Waals surface area contributed by atoms with E-state index in [2.05, 4.69) is 5.32 Å². The third kappa shape index (κ3) is 8.54. The molecule has 12 heteroatoms. The van der Waals surface area contributed by atoms with Gasteiger partial charge in [0, 0.05) is 6.54 Å². The first kappa shape index (κ1) is 26.3. The number of ether oxygens (including phenoxy) is 2. The van der Waals surface area contributed by atoms with Crippen LogP contribution in [0.1, 0.15) is 40.5 Å². The topological polar surface area (TPSA) is 68.8 Å². The van der Waals surface area contributed by atoms with Gasteiger partial charge in [0.1, 0.15) is 5.69 Å². The highest BCUT2D eigenvalue weighted by Gasteiger charge is 2.26. The first-order valence-corrected chi connectivity index (χ1v) is 11.1. The highest BCUT2D eigenvalue weighted by atomic mass is 28.2. The minimum atomic E-state index is -2.29. The molecule has 0 fully saturated rings. The Morgan fingerprint density at radius 2 is 1.37 bits per heavy atom. The summed E-state index contributed by atoms with van der Waals surface area (Å²) >= 11 is 0. The first-order chi connectivity index (χ1) is 14.0. The van der Waals surface area contributed by atoms with Gasteiger partial charge in [-0.15, -0.1) is 0 Å². The highest BCUT2D eigenvalue weighted by molar-refractivity contribution is 6.27. The largest absolute Gasteiger partial charge is 0.379 e. The van der Waals surface area contributed by atoms with E-state index >= 15 is 0 Å². The van der Waals surface area contributed by atoms with Gasteiger partial charge in [-0.05, 0) is 40.2 Å². The van der Waals surface area contributed by atoms with Crippen LogP contribution in [0, 0.1) is 29.1 Å². The van der Waals surface area contributed by atoms with Crippen LogP contribution in [-0.4, -0.2) is 41.0 Å². The number of unbranched alkanes of at least 4 members (excludes halogenated alkanes) is 1. The van der Waals surface area contributed by atoms with Gasteiger partial charge in [0.25, 0.3) is 6.48 Å². The normalized spacial score (nSPS) is 12.0. The van der Waals surface area contributed by atoms with Crippen molar-refractivity contribution in [1.82, 2.24) is 5.32 Å². The van der Waals surface area contributed by atoms with Crippen molar-refractivity contribution in [3.05, 3.63) is 29.1 Å². The van der Waals surface area contributed by atoms with Crippen molar-refractivity contribution in [3.8, 4) is 0 Å².